The Morgan fingerprint density at radius 1 is 1.20 bits per heavy atom. The lowest BCUT2D eigenvalue weighted by Crippen LogP contribution is -2.47. The van der Waals surface area contributed by atoms with Gasteiger partial charge in [0.05, 0.1) is 0 Å². The molecule has 1 aliphatic rings. The summed E-state index contributed by atoms with van der Waals surface area (Å²) in [7, 11) is 0. The van der Waals surface area contributed by atoms with Crippen LogP contribution in [0.2, 0.25) is 0 Å². The number of nitrogens with one attached hydrogen (secondary N) is 1. The molecule has 0 aliphatic carbocycles. The van der Waals surface area contributed by atoms with Gasteiger partial charge in [-0.3, -0.25) is 0 Å². The average Bonchev–Trinajstić information content (AvgIpc) is 2.29. The van der Waals surface area contributed by atoms with Crippen molar-refractivity contribution in [1.82, 2.24) is 10.2 Å². The van der Waals surface area contributed by atoms with Crippen molar-refractivity contribution in [3.05, 3.63) is 0 Å². The summed E-state index contributed by atoms with van der Waals surface area (Å²) in [5.74, 6) is 0. The second-order valence-electron chi connectivity index (χ2n) is 4.53. The number of hydrogen-bond acceptors (Lipinski definition) is 1. The maximum absolute atomic E-state index is 11.6. The van der Waals surface area contributed by atoms with Crippen molar-refractivity contribution in [2.24, 2.45) is 5.41 Å². The highest BCUT2D eigenvalue weighted by molar-refractivity contribution is 5.74. The molecule has 1 rings (SSSR count). The molecule has 0 atom stereocenters. The first-order valence-electron chi connectivity index (χ1n) is 6.20. The predicted molar refractivity (Wildman–Crippen MR) is 62.9 cm³/mol. The van der Waals surface area contributed by atoms with Crippen LogP contribution in [0.5, 0.6) is 0 Å². The van der Waals surface area contributed by atoms with Crippen LogP contribution in [0.4, 0.5) is 4.79 Å². The lowest BCUT2D eigenvalue weighted by atomic mass is 9.74. The van der Waals surface area contributed by atoms with Gasteiger partial charge in [0.25, 0.3) is 0 Å². The quantitative estimate of drug-likeness (QED) is 0.766. The Kier molecular flexibility index (Phi) is 4.43. The summed E-state index contributed by atoms with van der Waals surface area (Å²) in [4.78, 5) is 13.6. The van der Waals surface area contributed by atoms with Crippen molar-refractivity contribution in [2.75, 3.05) is 19.6 Å². The number of urea groups is 1. The van der Waals surface area contributed by atoms with E-state index in [1.54, 1.807) is 0 Å². The second-order valence-corrected chi connectivity index (χ2v) is 4.53. The topological polar surface area (TPSA) is 32.3 Å². The van der Waals surface area contributed by atoms with E-state index in [0.29, 0.717) is 5.41 Å². The highest BCUT2D eigenvalue weighted by Gasteiger charge is 2.32. The Morgan fingerprint density at radius 2 is 1.73 bits per heavy atom. The molecular weight excluding hydrogens is 188 g/mol. The molecule has 0 aromatic carbocycles. The summed E-state index contributed by atoms with van der Waals surface area (Å²) in [6, 6.07) is 0.110. The molecule has 1 saturated heterocycles. The third-order valence-corrected chi connectivity index (χ3v) is 3.94. The average molecular weight is 212 g/mol. The van der Waals surface area contributed by atoms with E-state index in [2.05, 4.69) is 19.2 Å². The Hall–Kier alpha value is -0.730. The molecule has 3 nitrogen and oxygen atoms in total. The van der Waals surface area contributed by atoms with Crippen molar-refractivity contribution in [1.29, 1.82) is 0 Å². The Morgan fingerprint density at radius 3 is 2.13 bits per heavy atom. The Bertz CT molecular complexity index is 202. The van der Waals surface area contributed by atoms with Crippen molar-refractivity contribution in [2.45, 2.75) is 46.5 Å². The van der Waals surface area contributed by atoms with Crippen LogP contribution in [0.1, 0.15) is 46.5 Å². The molecule has 0 saturated carbocycles. The standard InChI is InChI=1S/C12H24N2O/c1-4-12(5-2)7-9-14(10-8-12)11(15)13-6-3/h4-10H2,1-3H3,(H,13,15). The summed E-state index contributed by atoms with van der Waals surface area (Å²) in [6.07, 6.45) is 4.81. The molecule has 88 valence electrons. The van der Waals surface area contributed by atoms with E-state index >= 15 is 0 Å². The summed E-state index contributed by atoms with van der Waals surface area (Å²) < 4.78 is 0. The van der Waals surface area contributed by atoms with Gasteiger partial charge in [-0.15, -0.1) is 0 Å². The number of rotatable bonds is 3. The maximum atomic E-state index is 11.6. The molecular formula is C12H24N2O. The Labute approximate surface area is 93.2 Å². The second kappa shape index (κ2) is 5.38. The van der Waals surface area contributed by atoms with E-state index in [0.717, 1.165) is 32.5 Å². The minimum Gasteiger partial charge on any atom is -0.338 e. The van der Waals surface area contributed by atoms with Gasteiger partial charge in [-0.05, 0) is 25.2 Å². The SMILES string of the molecule is CCNC(=O)N1CCC(CC)(CC)CC1. The van der Waals surface area contributed by atoms with Gasteiger partial charge in [0.2, 0.25) is 0 Å². The fourth-order valence-corrected chi connectivity index (χ4v) is 2.40. The lowest BCUT2D eigenvalue weighted by molar-refractivity contribution is 0.109. The number of nitrogens with zero attached hydrogens (tertiary/aromatic N) is 1. The molecule has 3 heteroatoms. The first-order chi connectivity index (χ1) is 7.17. The maximum Gasteiger partial charge on any atom is 0.317 e. The van der Waals surface area contributed by atoms with Crippen LogP contribution in [0.25, 0.3) is 0 Å². The van der Waals surface area contributed by atoms with Crippen LogP contribution in [0.3, 0.4) is 0 Å². The van der Waals surface area contributed by atoms with Crippen molar-refractivity contribution < 1.29 is 4.79 Å². The molecule has 0 aromatic rings. The van der Waals surface area contributed by atoms with Crippen LogP contribution in [-0.4, -0.2) is 30.6 Å². The molecule has 0 radical (unpaired) electrons. The number of carbonyl (C=O) groups excluding carboxylic acids is 1. The highest BCUT2D eigenvalue weighted by Crippen LogP contribution is 2.37. The van der Waals surface area contributed by atoms with Gasteiger partial charge in [0, 0.05) is 19.6 Å². The van der Waals surface area contributed by atoms with Crippen LogP contribution < -0.4 is 5.32 Å². The third kappa shape index (κ3) is 2.86. The van der Waals surface area contributed by atoms with Crippen molar-refractivity contribution in [3.63, 3.8) is 0 Å². The van der Waals surface area contributed by atoms with E-state index in [1.807, 2.05) is 11.8 Å². The monoisotopic (exact) mass is 212 g/mol. The molecule has 1 fully saturated rings. The van der Waals surface area contributed by atoms with Crippen LogP contribution >= 0.6 is 0 Å². The zero-order valence-electron chi connectivity index (χ0n) is 10.3. The molecule has 1 heterocycles. The van der Waals surface area contributed by atoms with E-state index in [-0.39, 0.29) is 6.03 Å². The zero-order chi connectivity index (χ0) is 11.3. The van der Waals surface area contributed by atoms with Gasteiger partial charge in [-0.25, -0.2) is 4.79 Å². The number of carbonyl (C=O) groups is 1. The molecule has 1 aliphatic heterocycles. The van der Waals surface area contributed by atoms with Crippen LogP contribution in [-0.2, 0) is 0 Å². The van der Waals surface area contributed by atoms with Gasteiger partial charge in [-0.1, -0.05) is 26.7 Å². The number of likely N-dealkylation sites (tertiary alicyclic amines) is 1. The largest absolute Gasteiger partial charge is 0.338 e. The summed E-state index contributed by atoms with van der Waals surface area (Å²) in [5, 5.41) is 2.87. The molecule has 2 amide bonds. The molecule has 15 heavy (non-hydrogen) atoms. The summed E-state index contributed by atoms with van der Waals surface area (Å²) in [6.45, 7) is 9.07. The van der Waals surface area contributed by atoms with Crippen molar-refractivity contribution >= 4 is 6.03 Å². The van der Waals surface area contributed by atoms with Gasteiger partial charge in [0.15, 0.2) is 0 Å². The first kappa shape index (κ1) is 12.3. The minimum absolute atomic E-state index is 0.110. The normalized spacial score (nSPS) is 20.1. The number of hydrogen-bond donors (Lipinski definition) is 1. The predicted octanol–water partition coefficient (Wildman–Crippen LogP) is 2.62. The molecule has 0 aromatic heterocycles. The first-order valence-corrected chi connectivity index (χ1v) is 6.20. The molecule has 0 unspecified atom stereocenters. The molecule has 0 spiro atoms. The van der Waals surface area contributed by atoms with Crippen molar-refractivity contribution in [3.8, 4) is 0 Å². The van der Waals surface area contributed by atoms with E-state index < -0.39 is 0 Å². The summed E-state index contributed by atoms with van der Waals surface area (Å²) >= 11 is 0. The van der Waals surface area contributed by atoms with E-state index in [4.69, 9.17) is 0 Å². The molecule has 1 N–H and O–H groups in total. The Balaban J connectivity index is 2.44. The van der Waals surface area contributed by atoms with E-state index in [1.165, 1.54) is 12.8 Å². The number of piperidine rings is 1. The molecule has 0 bridgehead atoms. The van der Waals surface area contributed by atoms with Gasteiger partial charge in [-0.2, -0.15) is 0 Å². The van der Waals surface area contributed by atoms with Crippen LogP contribution in [0, 0.1) is 5.41 Å². The zero-order valence-corrected chi connectivity index (χ0v) is 10.3. The van der Waals surface area contributed by atoms with E-state index in [9.17, 15) is 4.79 Å². The van der Waals surface area contributed by atoms with Gasteiger partial charge in [0.1, 0.15) is 0 Å². The lowest BCUT2D eigenvalue weighted by Gasteiger charge is -2.40. The minimum atomic E-state index is 0.110. The fraction of sp³-hybridized carbons (Fsp3) is 0.917. The fourth-order valence-electron chi connectivity index (χ4n) is 2.40. The summed E-state index contributed by atoms with van der Waals surface area (Å²) in [5.41, 5.74) is 0.503. The third-order valence-electron chi connectivity index (χ3n) is 3.94. The van der Waals surface area contributed by atoms with Crippen LogP contribution in [0.15, 0.2) is 0 Å². The smallest absolute Gasteiger partial charge is 0.317 e. The van der Waals surface area contributed by atoms with Gasteiger partial charge >= 0.3 is 6.03 Å². The number of amides is 2. The van der Waals surface area contributed by atoms with Gasteiger partial charge < -0.3 is 10.2 Å². The highest BCUT2D eigenvalue weighted by atomic mass is 16.2.